The smallest absolute Gasteiger partial charge is 0.255 e. The van der Waals surface area contributed by atoms with Crippen molar-refractivity contribution in [1.29, 1.82) is 0 Å². The Labute approximate surface area is 154 Å². The van der Waals surface area contributed by atoms with Gasteiger partial charge in [0.25, 0.3) is 11.5 Å². The lowest BCUT2D eigenvalue weighted by atomic mass is 10.2. The molecule has 0 atom stereocenters. The molecule has 0 saturated carbocycles. The number of rotatable bonds is 7. The molecule has 1 aromatic carbocycles. The number of aryl methyl sites for hydroxylation is 1. The lowest BCUT2D eigenvalue weighted by Crippen LogP contribution is -2.19. The quantitative estimate of drug-likeness (QED) is 0.758. The number of nitrogens with zero attached hydrogens (tertiary/aromatic N) is 1. The van der Waals surface area contributed by atoms with Crippen LogP contribution in [0.2, 0.25) is 0 Å². The summed E-state index contributed by atoms with van der Waals surface area (Å²) in [7, 11) is 1.53. The van der Waals surface area contributed by atoms with Crippen LogP contribution in [0.5, 0.6) is 11.5 Å². The van der Waals surface area contributed by atoms with Crippen LogP contribution < -0.4 is 20.3 Å². The summed E-state index contributed by atoms with van der Waals surface area (Å²) in [6.45, 7) is 4.96. The third kappa shape index (κ3) is 4.63. The predicted octanol–water partition coefficient (Wildman–Crippen LogP) is 3.68. The molecule has 1 N–H and O–H groups in total. The van der Waals surface area contributed by atoms with Gasteiger partial charge in [0.1, 0.15) is 0 Å². The minimum atomic E-state index is -0.303. The van der Waals surface area contributed by atoms with Crippen LogP contribution >= 0.6 is 15.9 Å². The molecule has 2 aromatic rings. The van der Waals surface area contributed by atoms with Crippen LogP contribution in [0.15, 0.2) is 39.7 Å². The molecule has 1 heterocycles. The van der Waals surface area contributed by atoms with Crippen molar-refractivity contribution in [2.24, 2.45) is 0 Å². The molecule has 0 radical (unpaired) electrons. The molecule has 134 valence electrons. The number of nitrogens with one attached hydrogen (secondary N) is 1. The lowest BCUT2D eigenvalue weighted by Gasteiger charge is -2.14. The van der Waals surface area contributed by atoms with Crippen LogP contribution in [0.3, 0.4) is 0 Å². The summed E-state index contributed by atoms with van der Waals surface area (Å²) in [5.41, 5.74) is 0.858. The molecule has 0 aliphatic carbocycles. The van der Waals surface area contributed by atoms with E-state index in [1.807, 2.05) is 13.8 Å². The van der Waals surface area contributed by atoms with Gasteiger partial charge >= 0.3 is 0 Å². The van der Waals surface area contributed by atoms with Crippen LogP contribution in [0.25, 0.3) is 0 Å². The van der Waals surface area contributed by atoms with E-state index in [2.05, 4.69) is 21.2 Å². The lowest BCUT2D eigenvalue weighted by molar-refractivity contribution is 0.102. The number of ether oxygens (including phenoxy) is 2. The first kappa shape index (κ1) is 19.1. The minimum Gasteiger partial charge on any atom is -0.493 e. The van der Waals surface area contributed by atoms with E-state index in [9.17, 15) is 9.59 Å². The molecule has 0 saturated heterocycles. The fourth-order valence-electron chi connectivity index (χ4n) is 2.25. The van der Waals surface area contributed by atoms with E-state index >= 15 is 0 Å². The highest BCUT2D eigenvalue weighted by molar-refractivity contribution is 9.10. The van der Waals surface area contributed by atoms with Gasteiger partial charge in [-0.1, -0.05) is 6.92 Å². The highest BCUT2D eigenvalue weighted by Crippen LogP contribution is 2.37. The number of methoxy groups -OCH3 is 1. The second-order valence-electron chi connectivity index (χ2n) is 5.33. The number of anilines is 1. The van der Waals surface area contributed by atoms with Crippen molar-refractivity contribution in [1.82, 2.24) is 4.57 Å². The molecular formula is C18H21BrN2O4. The molecule has 0 aliphatic heterocycles. The summed E-state index contributed by atoms with van der Waals surface area (Å²) in [5.74, 6) is 0.745. The zero-order valence-corrected chi connectivity index (χ0v) is 16.1. The number of halogens is 1. The number of carbonyl (C=O) groups excluding carboxylic acids is 1. The molecule has 0 spiro atoms. The molecule has 0 fully saturated rings. The second kappa shape index (κ2) is 8.71. The fourth-order valence-corrected chi connectivity index (χ4v) is 2.81. The Bertz CT molecular complexity index is 817. The first-order valence-corrected chi connectivity index (χ1v) is 8.81. The second-order valence-corrected chi connectivity index (χ2v) is 6.19. The minimum absolute atomic E-state index is 0.109. The standard InChI is InChI=1S/C18H21BrN2O4/c1-4-8-25-17-14(19)9-12(10-15(17)24-3)18(23)20-13-6-7-16(22)21(5-2)11-13/h6-7,9-11H,4-5,8H2,1-3H3,(H,20,23). The van der Waals surface area contributed by atoms with E-state index in [1.165, 1.54) is 17.7 Å². The molecule has 1 aromatic heterocycles. The summed E-state index contributed by atoms with van der Waals surface area (Å²) < 4.78 is 13.2. The first-order valence-electron chi connectivity index (χ1n) is 8.02. The van der Waals surface area contributed by atoms with Crippen molar-refractivity contribution in [3.8, 4) is 11.5 Å². The molecule has 25 heavy (non-hydrogen) atoms. The third-order valence-corrected chi connectivity index (χ3v) is 4.11. The van der Waals surface area contributed by atoms with Crippen LogP contribution in [0.1, 0.15) is 30.6 Å². The fraction of sp³-hybridized carbons (Fsp3) is 0.333. The van der Waals surface area contributed by atoms with Gasteiger partial charge in [0.2, 0.25) is 0 Å². The Balaban J connectivity index is 2.27. The zero-order valence-electron chi connectivity index (χ0n) is 14.5. The van der Waals surface area contributed by atoms with E-state index in [4.69, 9.17) is 9.47 Å². The average molecular weight is 409 g/mol. The molecular weight excluding hydrogens is 388 g/mol. The normalized spacial score (nSPS) is 10.4. The monoisotopic (exact) mass is 408 g/mol. The number of pyridine rings is 1. The van der Waals surface area contributed by atoms with Gasteiger partial charge in [0.05, 0.1) is 23.9 Å². The number of carbonyl (C=O) groups is 1. The van der Waals surface area contributed by atoms with E-state index < -0.39 is 0 Å². The first-order chi connectivity index (χ1) is 12.0. The third-order valence-electron chi connectivity index (χ3n) is 3.52. The summed E-state index contributed by atoms with van der Waals surface area (Å²) in [6, 6.07) is 6.31. The van der Waals surface area contributed by atoms with Gasteiger partial charge in [0, 0.05) is 24.4 Å². The molecule has 7 heteroatoms. The van der Waals surface area contributed by atoms with Crippen molar-refractivity contribution in [2.75, 3.05) is 19.0 Å². The van der Waals surface area contributed by atoms with Gasteiger partial charge in [-0.2, -0.15) is 0 Å². The number of aromatic nitrogens is 1. The summed E-state index contributed by atoms with van der Waals surface area (Å²) in [5, 5.41) is 2.79. The average Bonchev–Trinajstić information content (AvgIpc) is 2.61. The maximum atomic E-state index is 12.5. The Hall–Kier alpha value is -2.28. The van der Waals surface area contributed by atoms with E-state index in [0.29, 0.717) is 40.4 Å². The van der Waals surface area contributed by atoms with Crippen molar-refractivity contribution in [2.45, 2.75) is 26.8 Å². The summed E-state index contributed by atoms with van der Waals surface area (Å²) in [6.07, 6.45) is 2.48. The van der Waals surface area contributed by atoms with Crippen molar-refractivity contribution < 1.29 is 14.3 Å². The summed E-state index contributed by atoms with van der Waals surface area (Å²) >= 11 is 3.42. The number of benzene rings is 1. The van der Waals surface area contributed by atoms with Crippen molar-refractivity contribution >= 4 is 27.5 Å². The largest absolute Gasteiger partial charge is 0.493 e. The zero-order chi connectivity index (χ0) is 18.4. The molecule has 0 aliphatic rings. The van der Waals surface area contributed by atoms with E-state index in [-0.39, 0.29) is 11.5 Å². The number of hydrogen-bond acceptors (Lipinski definition) is 4. The van der Waals surface area contributed by atoms with Crippen LogP contribution in [-0.2, 0) is 6.54 Å². The van der Waals surface area contributed by atoms with Crippen LogP contribution in [-0.4, -0.2) is 24.2 Å². The molecule has 1 amide bonds. The Morgan fingerprint density at radius 1 is 1.28 bits per heavy atom. The van der Waals surface area contributed by atoms with Crippen molar-refractivity contribution in [3.63, 3.8) is 0 Å². The highest BCUT2D eigenvalue weighted by atomic mass is 79.9. The van der Waals surface area contributed by atoms with Crippen molar-refractivity contribution in [3.05, 3.63) is 50.9 Å². The van der Waals surface area contributed by atoms with E-state index in [1.54, 1.807) is 24.4 Å². The Morgan fingerprint density at radius 3 is 2.68 bits per heavy atom. The Kier molecular flexibility index (Phi) is 6.64. The van der Waals surface area contributed by atoms with Crippen LogP contribution in [0.4, 0.5) is 5.69 Å². The number of amides is 1. The predicted molar refractivity (Wildman–Crippen MR) is 101 cm³/mol. The van der Waals surface area contributed by atoms with Gasteiger partial charge in [0.15, 0.2) is 11.5 Å². The summed E-state index contributed by atoms with van der Waals surface area (Å²) in [4.78, 5) is 24.2. The maximum Gasteiger partial charge on any atom is 0.255 e. The molecule has 0 bridgehead atoms. The maximum absolute atomic E-state index is 12.5. The molecule has 6 nitrogen and oxygen atoms in total. The van der Waals surface area contributed by atoms with E-state index in [0.717, 1.165) is 6.42 Å². The van der Waals surface area contributed by atoms with Crippen LogP contribution in [0, 0.1) is 0 Å². The van der Waals surface area contributed by atoms with Gasteiger partial charge in [-0.3, -0.25) is 9.59 Å². The topological polar surface area (TPSA) is 69.6 Å². The molecule has 2 rings (SSSR count). The number of hydrogen-bond donors (Lipinski definition) is 1. The van der Waals surface area contributed by atoms with Gasteiger partial charge in [-0.05, 0) is 47.5 Å². The SMILES string of the molecule is CCCOc1c(Br)cc(C(=O)Nc2ccc(=O)n(CC)c2)cc1OC. The van der Waals surface area contributed by atoms with Gasteiger partial charge in [-0.15, -0.1) is 0 Å². The van der Waals surface area contributed by atoms with Gasteiger partial charge < -0.3 is 19.4 Å². The van der Waals surface area contributed by atoms with Gasteiger partial charge in [-0.25, -0.2) is 0 Å². The highest BCUT2D eigenvalue weighted by Gasteiger charge is 2.16. The Morgan fingerprint density at radius 2 is 2.04 bits per heavy atom. The molecule has 0 unspecified atom stereocenters.